The van der Waals surface area contributed by atoms with E-state index in [0.29, 0.717) is 42.0 Å². The molecule has 0 spiro atoms. The van der Waals surface area contributed by atoms with Gasteiger partial charge in [-0.05, 0) is 48.0 Å². The van der Waals surface area contributed by atoms with E-state index in [1.54, 1.807) is 18.2 Å². The summed E-state index contributed by atoms with van der Waals surface area (Å²) >= 11 is 0. The Morgan fingerprint density at radius 2 is 1.74 bits per heavy atom. The van der Waals surface area contributed by atoms with Crippen molar-refractivity contribution in [3.63, 3.8) is 0 Å². The number of hydrogen-bond donors (Lipinski definition) is 1. The van der Waals surface area contributed by atoms with Crippen LogP contribution in [0.4, 0.5) is 0 Å². The van der Waals surface area contributed by atoms with Crippen molar-refractivity contribution < 1.29 is 14.3 Å². The minimum Gasteiger partial charge on any atom is -0.489 e. The van der Waals surface area contributed by atoms with E-state index in [1.807, 2.05) is 54.6 Å². The second kappa shape index (κ2) is 10.8. The zero-order valence-corrected chi connectivity index (χ0v) is 19.3. The lowest BCUT2D eigenvalue weighted by atomic mass is 10.1. The number of benzene rings is 3. The summed E-state index contributed by atoms with van der Waals surface area (Å²) in [5.41, 5.74) is 2.86. The Balaban J connectivity index is 1.43. The van der Waals surface area contributed by atoms with Crippen molar-refractivity contribution in [2.75, 3.05) is 13.7 Å². The van der Waals surface area contributed by atoms with Gasteiger partial charge in [-0.2, -0.15) is 0 Å². The van der Waals surface area contributed by atoms with Gasteiger partial charge in [0.1, 0.15) is 18.2 Å². The van der Waals surface area contributed by atoms with Crippen molar-refractivity contribution in [3.05, 3.63) is 106 Å². The molecule has 1 N–H and O–H groups in total. The van der Waals surface area contributed by atoms with E-state index in [1.165, 1.54) is 7.11 Å². The molecule has 0 saturated heterocycles. The number of methoxy groups -OCH3 is 1. The molecule has 4 rings (SSSR count). The number of ether oxygens (including phenoxy) is 2. The van der Waals surface area contributed by atoms with Gasteiger partial charge >= 0.3 is 5.97 Å². The normalized spacial score (nSPS) is 11.0. The van der Waals surface area contributed by atoms with E-state index in [0.717, 1.165) is 23.4 Å². The molecule has 0 unspecified atom stereocenters. The van der Waals surface area contributed by atoms with Crippen molar-refractivity contribution in [3.8, 4) is 5.75 Å². The highest BCUT2D eigenvalue weighted by Gasteiger charge is 2.12. The van der Waals surface area contributed by atoms with E-state index in [9.17, 15) is 9.59 Å². The van der Waals surface area contributed by atoms with Crippen molar-refractivity contribution in [2.24, 2.45) is 0 Å². The summed E-state index contributed by atoms with van der Waals surface area (Å²) in [6, 6.07) is 22.8. The molecular weight excluding hydrogens is 430 g/mol. The van der Waals surface area contributed by atoms with Crippen molar-refractivity contribution in [2.45, 2.75) is 26.6 Å². The molecule has 0 amide bonds. The van der Waals surface area contributed by atoms with E-state index in [4.69, 9.17) is 9.47 Å². The van der Waals surface area contributed by atoms with Gasteiger partial charge in [-0.1, -0.05) is 49.4 Å². The third kappa shape index (κ3) is 5.68. The molecule has 7 nitrogen and oxygen atoms in total. The zero-order chi connectivity index (χ0) is 23.9. The molecule has 7 heteroatoms. The molecule has 34 heavy (non-hydrogen) atoms. The van der Waals surface area contributed by atoms with Crippen LogP contribution < -0.4 is 10.3 Å². The number of nitrogens with zero attached hydrogens (tertiary/aromatic N) is 2. The number of hydrogen-bond acceptors (Lipinski definition) is 6. The van der Waals surface area contributed by atoms with Crippen molar-refractivity contribution in [1.29, 1.82) is 0 Å². The molecular formula is C27H27N3O4. The average Bonchev–Trinajstić information content (AvgIpc) is 2.87. The Bertz CT molecular complexity index is 1320. The highest BCUT2D eigenvalue weighted by Crippen LogP contribution is 2.17. The first-order chi connectivity index (χ1) is 16.6. The third-order valence-corrected chi connectivity index (χ3v) is 5.58. The smallest absolute Gasteiger partial charge is 0.337 e. The Hall–Kier alpha value is -3.97. The van der Waals surface area contributed by atoms with Gasteiger partial charge in [-0.25, -0.2) is 9.78 Å². The fraction of sp³-hybridized carbons (Fsp3) is 0.222. The van der Waals surface area contributed by atoms with E-state index in [2.05, 4.69) is 21.8 Å². The molecule has 3 aromatic carbocycles. The van der Waals surface area contributed by atoms with Gasteiger partial charge in [0.2, 0.25) is 0 Å². The summed E-state index contributed by atoms with van der Waals surface area (Å²) in [5.74, 6) is 0.902. The number of nitrogens with one attached hydrogen (secondary N) is 1. The van der Waals surface area contributed by atoms with Gasteiger partial charge in [0.15, 0.2) is 0 Å². The van der Waals surface area contributed by atoms with Crippen LogP contribution in [-0.4, -0.2) is 34.5 Å². The maximum atomic E-state index is 12.5. The Morgan fingerprint density at radius 1 is 0.971 bits per heavy atom. The first kappa shape index (κ1) is 23.2. The molecule has 0 radical (unpaired) electrons. The second-order valence-electron chi connectivity index (χ2n) is 7.96. The van der Waals surface area contributed by atoms with Crippen LogP contribution >= 0.6 is 0 Å². The van der Waals surface area contributed by atoms with Gasteiger partial charge in [0.25, 0.3) is 5.56 Å². The molecule has 0 aliphatic heterocycles. The quantitative estimate of drug-likeness (QED) is 0.377. The van der Waals surface area contributed by atoms with Gasteiger partial charge in [0.05, 0.1) is 30.1 Å². The molecule has 1 heterocycles. The van der Waals surface area contributed by atoms with Gasteiger partial charge < -0.3 is 14.5 Å². The van der Waals surface area contributed by atoms with E-state index in [-0.39, 0.29) is 5.56 Å². The third-order valence-electron chi connectivity index (χ3n) is 5.58. The number of carbonyl (C=O) groups is 1. The monoisotopic (exact) mass is 457 g/mol. The predicted molar refractivity (Wildman–Crippen MR) is 131 cm³/mol. The lowest BCUT2D eigenvalue weighted by Gasteiger charge is -2.20. The minimum atomic E-state index is -0.461. The molecule has 174 valence electrons. The Morgan fingerprint density at radius 3 is 2.44 bits per heavy atom. The van der Waals surface area contributed by atoms with E-state index >= 15 is 0 Å². The van der Waals surface area contributed by atoms with Crippen molar-refractivity contribution >= 4 is 16.9 Å². The maximum absolute atomic E-state index is 12.5. The van der Waals surface area contributed by atoms with Gasteiger partial charge in [-0.15, -0.1) is 0 Å². The number of fused-ring (bicyclic) bond motifs is 1. The molecule has 0 bridgehead atoms. The fourth-order valence-corrected chi connectivity index (χ4v) is 3.69. The standard InChI is InChI=1S/C27H27N3O4/c1-3-30(16-19-9-12-22(13-10-19)34-18-20-7-5-4-6-8-20)17-25-28-24-15-21(27(32)33-2)11-14-23(24)26(31)29-25/h4-15H,3,16-18H2,1-2H3,(H,28,29,31). The summed E-state index contributed by atoms with van der Waals surface area (Å²) in [6.07, 6.45) is 0. The summed E-state index contributed by atoms with van der Waals surface area (Å²) in [7, 11) is 1.32. The first-order valence-corrected chi connectivity index (χ1v) is 11.1. The summed E-state index contributed by atoms with van der Waals surface area (Å²) < 4.78 is 10.6. The lowest BCUT2D eigenvalue weighted by molar-refractivity contribution is 0.0601. The van der Waals surface area contributed by atoms with Crippen LogP contribution in [0.5, 0.6) is 5.75 Å². The highest BCUT2D eigenvalue weighted by molar-refractivity contribution is 5.93. The number of aromatic amines is 1. The molecule has 0 fully saturated rings. The molecule has 0 aliphatic carbocycles. The Kier molecular flexibility index (Phi) is 7.34. The predicted octanol–water partition coefficient (Wildman–Crippen LogP) is 4.31. The van der Waals surface area contributed by atoms with Crippen LogP contribution in [0.3, 0.4) is 0 Å². The van der Waals surface area contributed by atoms with Crippen LogP contribution in [0.1, 0.15) is 34.2 Å². The van der Waals surface area contributed by atoms with Crippen molar-refractivity contribution in [1.82, 2.24) is 14.9 Å². The van der Waals surface area contributed by atoms with Crippen LogP contribution in [0.15, 0.2) is 77.6 Å². The summed E-state index contributed by atoms with van der Waals surface area (Å²) in [4.78, 5) is 34.0. The van der Waals surface area contributed by atoms with E-state index < -0.39 is 5.97 Å². The lowest BCUT2D eigenvalue weighted by Crippen LogP contribution is -2.25. The molecule has 0 aliphatic rings. The van der Waals surface area contributed by atoms with Crippen LogP contribution in [0, 0.1) is 0 Å². The largest absolute Gasteiger partial charge is 0.489 e. The van der Waals surface area contributed by atoms with Gasteiger partial charge in [0, 0.05) is 6.54 Å². The number of H-pyrrole nitrogens is 1. The number of esters is 1. The molecule has 0 atom stereocenters. The topological polar surface area (TPSA) is 84.5 Å². The van der Waals surface area contributed by atoms with Crippen LogP contribution in [0.2, 0.25) is 0 Å². The molecule has 1 aromatic heterocycles. The maximum Gasteiger partial charge on any atom is 0.337 e. The van der Waals surface area contributed by atoms with Gasteiger partial charge in [-0.3, -0.25) is 9.69 Å². The Labute approximate surface area is 198 Å². The summed E-state index contributed by atoms with van der Waals surface area (Å²) in [6.45, 7) is 4.53. The zero-order valence-electron chi connectivity index (χ0n) is 19.3. The number of carbonyl (C=O) groups excluding carboxylic acids is 1. The van der Waals surface area contributed by atoms with Crippen LogP contribution in [0.25, 0.3) is 10.9 Å². The summed E-state index contributed by atoms with van der Waals surface area (Å²) in [5, 5.41) is 0.436. The highest BCUT2D eigenvalue weighted by atomic mass is 16.5. The molecule has 0 saturated carbocycles. The fourth-order valence-electron chi connectivity index (χ4n) is 3.69. The average molecular weight is 458 g/mol. The number of aromatic nitrogens is 2. The minimum absolute atomic E-state index is 0.229. The SMILES string of the molecule is CCN(Cc1ccc(OCc2ccccc2)cc1)Cc1nc2cc(C(=O)OC)ccc2c(=O)[nH]1. The first-order valence-electron chi connectivity index (χ1n) is 11.1. The second-order valence-corrected chi connectivity index (χ2v) is 7.96. The molecule has 4 aromatic rings. The number of rotatable bonds is 9. The van der Waals surface area contributed by atoms with Crippen LogP contribution in [-0.2, 0) is 24.4 Å².